The number of carbonyl (C=O) groups excluding carboxylic acids is 1. The number of rotatable bonds is 2. The molecule has 8 heteroatoms. The number of halogens is 3. The fraction of sp³-hybridized carbons (Fsp3) is 0.412. The summed E-state index contributed by atoms with van der Waals surface area (Å²) in [5.41, 5.74) is 1.54. The maximum absolute atomic E-state index is 12.3. The fourth-order valence-electron chi connectivity index (χ4n) is 3.52. The van der Waals surface area contributed by atoms with E-state index in [4.69, 9.17) is 4.98 Å². The van der Waals surface area contributed by atoms with E-state index < -0.39 is 6.36 Å². The number of imidazole rings is 1. The molecule has 5 nitrogen and oxygen atoms in total. The van der Waals surface area contributed by atoms with Crippen LogP contribution in [0.1, 0.15) is 42.3 Å². The van der Waals surface area contributed by atoms with Crippen LogP contribution in [0.3, 0.4) is 0 Å². The second kappa shape index (κ2) is 5.79. The lowest BCUT2D eigenvalue weighted by molar-refractivity contribution is -0.274. The standard InChI is InChI=1S/C17H16F3N3O2/c18-17(19,20)25-11-6-4-10(5-7-11)12-9-14(24)22-16-15(12)21-13-3-1-2-8-23(13)16/h4-7,12H,1-3,8-9H2,(H,22,24). The molecule has 0 saturated carbocycles. The number of hydrogen-bond donors (Lipinski definition) is 1. The second-order valence-electron chi connectivity index (χ2n) is 6.29. The first kappa shape index (κ1) is 16.0. The van der Waals surface area contributed by atoms with Crippen LogP contribution in [0.15, 0.2) is 24.3 Å². The minimum absolute atomic E-state index is 0.110. The highest BCUT2D eigenvalue weighted by Crippen LogP contribution is 2.39. The third-order valence-corrected chi connectivity index (χ3v) is 4.60. The zero-order valence-electron chi connectivity index (χ0n) is 13.3. The molecule has 1 aromatic heterocycles. The Morgan fingerprint density at radius 3 is 2.68 bits per heavy atom. The van der Waals surface area contributed by atoms with Crippen molar-refractivity contribution in [3.8, 4) is 5.75 Å². The number of fused-ring (bicyclic) bond motifs is 3. The lowest BCUT2D eigenvalue weighted by Crippen LogP contribution is -2.25. The van der Waals surface area contributed by atoms with Crippen LogP contribution in [-0.2, 0) is 17.8 Å². The first-order chi connectivity index (χ1) is 11.9. The Kier molecular flexibility index (Phi) is 3.70. The number of nitrogens with zero attached hydrogens (tertiary/aromatic N) is 2. The number of aromatic nitrogens is 2. The summed E-state index contributed by atoms with van der Waals surface area (Å²) in [7, 11) is 0. The number of anilines is 1. The third-order valence-electron chi connectivity index (χ3n) is 4.60. The molecule has 0 bridgehead atoms. The predicted molar refractivity (Wildman–Crippen MR) is 83.4 cm³/mol. The number of alkyl halides is 3. The van der Waals surface area contributed by atoms with Gasteiger partial charge in [-0.1, -0.05) is 12.1 Å². The highest BCUT2D eigenvalue weighted by atomic mass is 19.4. The van der Waals surface area contributed by atoms with Crippen LogP contribution in [0.2, 0.25) is 0 Å². The van der Waals surface area contributed by atoms with E-state index in [-0.39, 0.29) is 24.0 Å². The van der Waals surface area contributed by atoms with Crippen molar-refractivity contribution in [3.63, 3.8) is 0 Å². The smallest absolute Gasteiger partial charge is 0.406 e. The molecule has 1 aromatic carbocycles. The van der Waals surface area contributed by atoms with Crippen molar-refractivity contribution in [3.05, 3.63) is 41.3 Å². The van der Waals surface area contributed by atoms with E-state index in [1.807, 2.05) is 4.57 Å². The molecule has 1 N–H and O–H groups in total. The van der Waals surface area contributed by atoms with Gasteiger partial charge in [0.05, 0.1) is 5.69 Å². The van der Waals surface area contributed by atoms with E-state index in [0.717, 1.165) is 48.7 Å². The molecule has 2 aliphatic rings. The molecule has 1 unspecified atom stereocenters. The predicted octanol–water partition coefficient (Wildman–Crippen LogP) is 3.59. The number of hydrogen-bond acceptors (Lipinski definition) is 3. The van der Waals surface area contributed by atoms with Gasteiger partial charge in [0.25, 0.3) is 0 Å². The largest absolute Gasteiger partial charge is 0.573 e. The molecule has 0 radical (unpaired) electrons. The number of carbonyl (C=O) groups is 1. The Morgan fingerprint density at radius 1 is 1.20 bits per heavy atom. The number of amides is 1. The Bertz CT molecular complexity index is 812. The summed E-state index contributed by atoms with van der Waals surface area (Å²) in [6.45, 7) is 0.822. The molecule has 0 saturated heterocycles. The minimum Gasteiger partial charge on any atom is -0.406 e. The van der Waals surface area contributed by atoms with Gasteiger partial charge in [-0.15, -0.1) is 13.2 Å². The normalized spacial score (nSPS) is 19.8. The fourth-order valence-corrected chi connectivity index (χ4v) is 3.52. The topological polar surface area (TPSA) is 56.1 Å². The molecule has 3 heterocycles. The van der Waals surface area contributed by atoms with E-state index in [1.54, 1.807) is 12.1 Å². The lowest BCUT2D eigenvalue weighted by Gasteiger charge is -2.24. The van der Waals surface area contributed by atoms with Crippen molar-refractivity contribution in [1.29, 1.82) is 0 Å². The number of ether oxygens (including phenoxy) is 1. The summed E-state index contributed by atoms with van der Waals surface area (Å²) in [4.78, 5) is 16.8. The summed E-state index contributed by atoms with van der Waals surface area (Å²) in [6, 6.07) is 5.66. The van der Waals surface area contributed by atoms with Crippen molar-refractivity contribution in [1.82, 2.24) is 9.55 Å². The Labute approximate surface area is 141 Å². The summed E-state index contributed by atoms with van der Waals surface area (Å²) in [5.74, 6) is 1.04. The molecule has 0 aliphatic carbocycles. The molecule has 1 amide bonds. The molecule has 25 heavy (non-hydrogen) atoms. The van der Waals surface area contributed by atoms with Crippen LogP contribution in [0.25, 0.3) is 0 Å². The van der Waals surface area contributed by atoms with E-state index in [9.17, 15) is 18.0 Å². The van der Waals surface area contributed by atoms with Crippen LogP contribution < -0.4 is 10.1 Å². The SMILES string of the molecule is O=C1CC(c2ccc(OC(F)(F)F)cc2)c2nc3n(c2N1)CCCC3. The third kappa shape index (κ3) is 3.08. The summed E-state index contributed by atoms with van der Waals surface area (Å²) in [5, 5.41) is 2.90. The van der Waals surface area contributed by atoms with Crippen LogP contribution in [0, 0.1) is 0 Å². The monoisotopic (exact) mass is 351 g/mol. The number of aryl methyl sites for hydroxylation is 1. The van der Waals surface area contributed by atoms with Gasteiger partial charge in [0.2, 0.25) is 5.91 Å². The van der Waals surface area contributed by atoms with E-state index in [2.05, 4.69) is 10.1 Å². The van der Waals surface area contributed by atoms with E-state index in [0.29, 0.717) is 0 Å². The molecule has 0 spiro atoms. The Hall–Kier alpha value is -2.51. The minimum atomic E-state index is -4.72. The van der Waals surface area contributed by atoms with Gasteiger partial charge in [0.1, 0.15) is 17.4 Å². The van der Waals surface area contributed by atoms with Crippen molar-refractivity contribution in [2.24, 2.45) is 0 Å². The average molecular weight is 351 g/mol. The van der Waals surface area contributed by atoms with Gasteiger partial charge in [0, 0.05) is 25.3 Å². The highest BCUT2D eigenvalue weighted by Gasteiger charge is 2.34. The Balaban J connectivity index is 1.67. The zero-order valence-corrected chi connectivity index (χ0v) is 13.3. The quantitative estimate of drug-likeness (QED) is 0.900. The van der Waals surface area contributed by atoms with Crippen molar-refractivity contribution < 1.29 is 22.7 Å². The first-order valence-electron chi connectivity index (χ1n) is 8.15. The maximum atomic E-state index is 12.3. The van der Waals surface area contributed by atoms with Gasteiger partial charge in [-0.25, -0.2) is 4.98 Å². The van der Waals surface area contributed by atoms with Crippen molar-refractivity contribution in [2.45, 2.75) is 44.5 Å². The molecule has 0 fully saturated rings. The molecule has 4 rings (SSSR count). The van der Waals surface area contributed by atoms with Crippen molar-refractivity contribution in [2.75, 3.05) is 5.32 Å². The molecular weight excluding hydrogens is 335 g/mol. The lowest BCUT2D eigenvalue weighted by atomic mass is 9.90. The number of benzene rings is 1. The van der Waals surface area contributed by atoms with Gasteiger partial charge in [-0.3, -0.25) is 4.79 Å². The zero-order chi connectivity index (χ0) is 17.6. The van der Waals surface area contributed by atoms with Gasteiger partial charge in [-0.05, 0) is 30.5 Å². The summed E-state index contributed by atoms with van der Waals surface area (Å²) in [6.07, 6.45) is -1.52. The maximum Gasteiger partial charge on any atom is 0.573 e. The van der Waals surface area contributed by atoms with Crippen LogP contribution in [0.4, 0.5) is 19.0 Å². The molecular formula is C17H16F3N3O2. The number of nitrogens with one attached hydrogen (secondary N) is 1. The molecule has 2 aliphatic heterocycles. The van der Waals surface area contributed by atoms with Gasteiger partial charge >= 0.3 is 6.36 Å². The summed E-state index contributed by atoms with van der Waals surface area (Å²) < 4.78 is 42.8. The Morgan fingerprint density at radius 2 is 1.96 bits per heavy atom. The average Bonchev–Trinajstić information content (AvgIpc) is 2.92. The van der Waals surface area contributed by atoms with Gasteiger partial charge in [0.15, 0.2) is 0 Å². The van der Waals surface area contributed by atoms with Gasteiger partial charge < -0.3 is 14.6 Å². The van der Waals surface area contributed by atoms with Crippen LogP contribution >= 0.6 is 0 Å². The summed E-state index contributed by atoms with van der Waals surface area (Å²) >= 11 is 0. The van der Waals surface area contributed by atoms with E-state index >= 15 is 0 Å². The van der Waals surface area contributed by atoms with Crippen molar-refractivity contribution >= 4 is 11.7 Å². The second-order valence-corrected chi connectivity index (χ2v) is 6.29. The molecule has 132 valence electrons. The van der Waals surface area contributed by atoms with Gasteiger partial charge in [-0.2, -0.15) is 0 Å². The van der Waals surface area contributed by atoms with Crippen LogP contribution in [-0.4, -0.2) is 21.8 Å². The first-order valence-corrected chi connectivity index (χ1v) is 8.15. The van der Waals surface area contributed by atoms with Crippen LogP contribution in [0.5, 0.6) is 5.75 Å². The van der Waals surface area contributed by atoms with E-state index in [1.165, 1.54) is 12.1 Å². The molecule has 2 aromatic rings. The molecule has 1 atom stereocenters. The highest BCUT2D eigenvalue weighted by molar-refractivity contribution is 5.94.